The molecule has 2 unspecified atom stereocenters. The average Bonchev–Trinajstić information content (AvgIpc) is 3.52. The molecular formula is C27H36F3N3O5. The number of likely N-dealkylation sites (tertiary alicyclic amines) is 1. The van der Waals surface area contributed by atoms with Crippen LogP contribution in [0.5, 0.6) is 5.75 Å². The Bertz CT molecular complexity index is 1070. The van der Waals surface area contributed by atoms with Gasteiger partial charge in [0.1, 0.15) is 5.75 Å². The molecule has 2 aliphatic heterocycles. The van der Waals surface area contributed by atoms with Crippen LogP contribution < -0.4 is 4.74 Å². The summed E-state index contributed by atoms with van der Waals surface area (Å²) in [5, 5.41) is 4.52. The number of halogens is 3. The number of hydrogen-bond donors (Lipinski definition) is 0. The van der Waals surface area contributed by atoms with Gasteiger partial charge < -0.3 is 23.8 Å². The molecule has 2 atom stereocenters. The van der Waals surface area contributed by atoms with Gasteiger partial charge in [0.05, 0.1) is 44.8 Å². The first-order valence-electron chi connectivity index (χ1n) is 12.8. The molecule has 2 saturated heterocycles. The van der Waals surface area contributed by atoms with Crippen LogP contribution in [0.1, 0.15) is 57.2 Å². The van der Waals surface area contributed by atoms with Crippen molar-refractivity contribution in [2.45, 2.75) is 76.0 Å². The van der Waals surface area contributed by atoms with E-state index < -0.39 is 30.6 Å². The van der Waals surface area contributed by atoms with Crippen LogP contribution in [0, 0.1) is 0 Å². The zero-order chi connectivity index (χ0) is 27.6. The van der Waals surface area contributed by atoms with E-state index in [9.17, 15) is 18.0 Å². The van der Waals surface area contributed by atoms with E-state index in [0.29, 0.717) is 30.8 Å². The summed E-state index contributed by atoms with van der Waals surface area (Å²) in [6.45, 7) is 6.59. The van der Waals surface area contributed by atoms with E-state index in [1.165, 1.54) is 12.0 Å². The van der Waals surface area contributed by atoms with Crippen LogP contribution in [0.3, 0.4) is 0 Å². The molecule has 0 radical (unpaired) electrons. The number of rotatable bonds is 7. The highest BCUT2D eigenvalue weighted by atomic mass is 19.4. The third kappa shape index (κ3) is 6.79. The summed E-state index contributed by atoms with van der Waals surface area (Å²) in [5.74, 6) is 0.633. The van der Waals surface area contributed by atoms with E-state index in [4.69, 9.17) is 18.9 Å². The van der Waals surface area contributed by atoms with Crippen molar-refractivity contribution in [3.05, 3.63) is 47.8 Å². The first kappa shape index (κ1) is 28.2. The van der Waals surface area contributed by atoms with Crippen molar-refractivity contribution in [3.8, 4) is 5.75 Å². The van der Waals surface area contributed by atoms with Crippen molar-refractivity contribution in [3.63, 3.8) is 0 Å². The number of carbonyl (C=O) groups excluding carboxylic acids is 1. The Morgan fingerprint density at radius 3 is 2.45 bits per heavy atom. The van der Waals surface area contributed by atoms with Crippen LogP contribution in [-0.2, 0) is 26.2 Å². The van der Waals surface area contributed by atoms with Gasteiger partial charge in [-0.2, -0.15) is 18.3 Å². The Morgan fingerprint density at radius 1 is 1.18 bits per heavy atom. The van der Waals surface area contributed by atoms with Crippen molar-refractivity contribution >= 4 is 6.09 Å². The highest BCUT2D eigenvalue weighted by Gasteiger charge is 2.47. The SMILES string of the molecule is COc1ccc(COCC(OC(=O)N2CCC3(CC2)CC(n2cc(C(C)(C)C)cn2)CO3)C(F)(F)F)cc1. The minimum Gasteiger partial charge on any atom is -0.497 e. The lowest BCUT2D eigenvalue weighted by Gasteiger charge is -2.38. The molecular weight excluding hydrogens is 503 g/mol. The van der Waals surface area contributed by atoms with E-state index in [0.717, 1.165) is 12.0 Å². The summed E-state index contributed by atoms with van der Waals surface area (Å²) in [6, 6.07) is 6.86. The van der Waals surface area contributed by atoms with Crippen LogP contribution in [0.15, 0.2) is 36.7 Å². The first-order chi connectivity index (χ1) is 17.9. The fourth-order valence-corrected chi connectivity index (χ4v) is 4.76. The van der Waals surface area contributed by atoms with Crippen molar-refractivity contribution in [1.29, 1.82) is 0 Å². The summed E-state index contributed by atoms with van der Waals surface area (Å²) in [5.41, 5.74) is 1.40. The van der Waals surface area contributed by atoms with Gasteiger partial charge in [-0.1, -0.05) is 32.9 Å². The molecule has 0 saturated carbocycles. The van der Waals surface area contributed by atoms with Gasteiger partial charge >= 0.3 is 12.3 Å². The molecule has 11 heteroatoms. The number of carbonyl (C=O) groups is 1. The summed E-state index contributed by atoms with van der Waals surface area (Å²) < 4.78 is 64.0. The molecule has 8 nitrogen and oxygen atoms in total. The number of alkyl halides is 3. The highest BCUT2D eigenvalue weighted by molar-refractivity contribution is 5.68. The summed E-state index contributed by atoms with van der Waals surface area (Å²) in [6.07, 6.45) is -2.38. The maximum absolute atomic E-state index is 13.6. The van der Waals surface area contributed by atoms with Crippen molar-refractivity contribution in [2.75, 3.05) is 33.4 Å². The predicted octanol–water partition coefficient (Wildman–Crippen LogP) is 5.27. The van der Waals surface area contributed by atoms with Crippen LogP contribution in [0.4, 0.5) is 18.0 Å². The number of aromatic nitrogens is 2. The number of piperidine rings is 1. The molecule has 210 valence electrons. The molecule has 38 heavy (non-hydrogen) atoms. The Hall–Kier alpha value is -2.79. The molecule has 4 rings (SSSR count). The third-order valence-electron chi connectivity index (χ3n) is 7.27. The van der Waals surface area contributed by atoms with E-state index in [-0.39, 0.29) is 31.2 Å². The number of methoxy groups -OCH3 is 1. The van der Waals surface area contributed by atoms with Gasteiger partial charge in [0, 0.05) is 25.7 Å². The number of nitrogens with zero attached hydrogens (tertiary/aromatic N) is 3. The molecule has 1 aromatic carbocycles. The van der Waals surface area contributed by atoms with Crippen LogP contribution in [0.2, 0.25) is 0 Å². The third-order valence-corrected chi connectivity index (χ3v) is 7.27. The molecule has 0 bridgehead atoms. The first-order valence-corrected chi connectivity index (χ1v) is 12.8. The Kier molecular flexibility index (Phi) is 8.27. The zero-order valence-corrected chi connectivity index (χ0v) is 22.3. The molecule has 1 aromatic heterocycles. The molecule has 0 N–H and O–H groups in total. The van der Waals surface area contributed by atoms with Gasteiger partial charge in [-0.25, -0.2) is 4.79 Å². The quantitative estimate of drug-likeness (QED) is 0.477. The number of ether oxygens (including phenoxy) is 4. The molecule has 2 fully saturated rings. The monoisotopic (exact) mass is 539 g/mol. The Balaban J connectivity index is 1.27. The van der Waals surface area contributed by atoms with E-state index >= 15 is 0 Å². The number of hydrogen-bond acceptors (Lipinski definition) is 6. The maximum Gasteiger partial charge on any atom is 0.427 e. The van der Waals surface area contributed by atoms with Gasteiger partial charge in [-0.15, -0.1) is 0 Å². The normalized spacial score (nSPS) is 20.5. The molecule has 1 spiro atoms. The van der Waals surface area contributed by atoms with Crippen molar-refractivity contribution in [2.24, 2.45) is 0 Å². The molecule has 2 aromatic rings. The van der Waals surface area contributed by atoms with Crippen molar-refractivity contribution in [1.82, 2.24) is 14.7 Å². The lowest BCUT2D eigenvalue weighted by molar-refractivity contribution is -0.220. The Morgan fingerprint density at radius 2 is 1.87 bits per heavy atom. The standard InChI is InChI=1S/C27H36F3N3O5/c1-25(2,3)20-14-31-33(15-20)21-13-26(37-17-21)9-11-32(12-10-26)24(34)38-23(27(28,29)30)18-36-16-19-5-7-22(35-4)8-6-19/h5-8,14-15,21,23H,9-13,16-18H2,1-4H3. The topological polar surface area (TPSA) is 75.1 Å². The van der Waals surface area contributed by atoms with Crippen LogP contribution >= 0.6 is 0 Å². The summed E-state index contributed by atoms with van der Waals surface area (Å²) >= 11 is 0. The second-order valence-corrected chi connectivity index (χ2v) is 11.1. The highest BCUT2D eigenvalue weighted by Crippen LogP contribution is 2.41. The molecule has 0 aliphatic carbocycles. The number of benzene rings is 1. The number of amides is 1. The zero-order valence-electron chi connectivity index (χ0n) is 22.3. The minimum absolute atomic E-state index is 0.00387. The van der Waals surface area contributed by atoms with Crippen molar-refractivity contribution < 1.29 is 36.9 Å². The largest absolute Gasteiger partial charge is 0.497 e. The van der Waals surface area contributed by atoms with Gasteiger partial charge in [0.15, 0.2) is 0 Å². The molecule has 2 aliphatic rings. The van der Waals surface area contributed by atoms with E-state index in [1.807, 2.05) is 17.1 Å². The van der Waals surface area contributed by atoms with Gasteiger partial charge in [-0.3, -0.25) is 4.68 Å². The van der Waals surface area contributed by atoms with E-state index in [1.54, 1.807) is 24.3 Å². The lowest BCUT2D eigenvalue weighted by Crippen LogP contribution is -2.49. The summed E-state index contributed by atoms with van der Waals surface area (Å²) in [4.78, 5) is 13.9. The predicted molar refractivity (Wildman–Crippen MR) is 133 cm³/mol. The average molecular weight is 540 g/mol. The lowest BCUT2D eigenvalue weighted by atomic mass is 9.87. The second-order valence-electron chi connectivity index (χ2n) is 11.1. The smallest absolute Gasteiger partial charge is 0.427 e. The molecule has 3 heterocycles. The van der Waals surface area contributed by atoms with E-state index in [2.05, 4.69) is 25.9 Å². The molecule has 1 amide bonds. The van der Waals surface area contributed by atoms with Gasteiger partial charge in [0.25, 0.3) is 0 Å². The second kappa shape index (κ2) is 11.1. The van der Waals surface area contributed by atoms with Gasteiger partial charge in [0.2, 0.25) is 6.10 Å². The fourth-order valence-electron chi connectivity index (χ4n) is 4.76. The van der Waals surface area contributed by atoms with Crippen LogP contribution in [-0.4, -0.2) is 72.1 Å². The van der Waals surface area contributed by atoms with Gasteiger partial charge in [-0.05, 0) is 41.5 Å². The maximum atomic E-state index is 13.6. The summed E-state index contributed by atoms with van der Waals surface area (Å²) in [7, 11) is 1.52. The fraction of sp³-hybridized carbons (Fsp3) is 0.630. The minimum atomic E-state index is -4.75. The van der Waals surface area contributed by atoms with Crippen LogP contribution in [0.25, 0.3) is 0 Å². The Labute approximate surface area is 221 Å².